The van der Waals surface area contributed by atoms with Gasteiger partial charge in [0.2, 0.25) is 5.95 Å². The standard InChI is InChI=1S/C12H11BrClN3O/c1-2-18-10-4-3-7(13)5-8(10)9-6-11(14)17-12(15)16-9/h3-6H,2H2,1H3,(H2,15,16,17). The summed E-state index contributed by atoms with van der Waals surface area (Å²) >= 11 is 9.30. The highest BCUT2D eigenvalue weighted by atomic mass is 79.9. The van der Waals surface area contributed by atoms with Crippen LogP contribution in [0, 0.1) is 0 Å². The van der Waals surface area contributed by atoms with Crippen LogP contribution in [-0.4, -0.2) is 16.6 Å². The Balaban J connectivity index is 2.57. The van der Waals surface area contributed by atoms with E-state index in [1.807, 2.05) is 25.1 Å². The van der Waals surface area contributed by atoms with E-state index in [0.717, 1.165) is 15.8 Å². The molecule has 2 N–H and O–H groups in total. The SMILES string of the molecule is CCOc1ccc(Br)cc1-c1cc(Cl)nc(N)n1. The number of nitrogen functional groups attached to an aromatic ring is 1. The number of halogens is 2. The Morgan fingerprint density at radius 2 is 2.11 bits per heavy atom. The molecule has 2 rings (SSSR count). The molecule has 0 aliphatic carbocycles. The lowest BCUT2D eigenvalue weighted by atomic mass is 10.1. The topological polar surface area (TPSA) is 61.0 Å². The average Bonchev–Trinajstić information content (AvgIpc) is 2.30. The monoisotopic (exact) mass is 327 g/mol. The highest BCUT2D eigenvalue weighted by molar-refractivity contribution is 9.10. The van der Waals surface area contributed by atoms with Crippen molar-refractivity contribution < 1.29 is 4.74 Å². The molecule has 94 valence electrons. The number of ether oxygens (including phenoxy) is 1. The first-order valence-corrected chi connectivity index (χ1v) is 6.50. The molecule has 0 amide bonds. The van der Waals surface area contributed by atoms with Crippen molar-refractivity contribution in [2.75, 3.05) is 12.3 Å². The van der Waals surface area contributed by atoms with Crippen LogP contribution < -0.4 is 10.5 Å². The molecule has 0 aliphatic rings. The van der Waals surface area contributed by atoms with Gasteiger partial charge in [-0.25, -0.2) is 9.97 Å². The van der Waals surface area contributed by atoms with E-state index >= 15 is 0 Å². The zero-order valence-electron chi connectivity index (χ0n) is 9.65. The fourth-order valence-electron chi connectivity index (χ4n) is 1.56. The van der Waals surface area contributed by atoms with E-state index in [-0.39, 0.29) is 5.95 Å². The maximum atomic E-state index is 5.89. The van der Waals surface area contributed by atoms with Crippen LogP contribution in [0.3, 0.4) is 0 Å². The van der Waals surface area contributed by atoms with E-state index in [2.05, 4.69) is 25.9 Å². The highest BCUT2D eigenvalue weighted by Gasteiger charge is 2.10. The van der Waals surface area contributed by atoms with Crippen LogP contribution in [0.25, 0.3) is 11.3 Å². The van der Waals surface area contributed by atoms with Crippen molar-refractivity contribution in [3.8, 4) is 17.0 Å². The molecule has 2 aromatic rings. The Morgan fingerprint density at radius 3 is 2.78 bits per heavy atom. The smallest absolute Gasteiger partial charge is 0.221 e. The number of hydrogen-bond donors (Lipinski definition) is 1. The minimum Gasteiger partial charge on any atom is -0.493 e. The second-order valence-electron chi connectivity index (χ2n) is 3.51. The van der Waals surface area contributed by atoms with E-state index < -0.39 is 0 Å². The number of nitrogens with two attached hydrogens (primary N) is 1. The lowest BCUT2D eigenvalue weighted by molar-refractivity contribution is 0.341. The summed E-state index contributed by atoms with van der Waals surface area (Å²) in [5, 5.41) is 0.305. The van der Waals surface area contributed by atoms with Crippen LogP contribution in [0.5, 0.6) is 5.75 Å². The lowest BCUT2D eigenvalue weighted by Crippen LogP contribution is -1.99. The molecule has 0 unspecified atom stereocenters. The number of hydrogen-bond acceptors (Lipinski definition) is 4. The molecule has 1 aromatic heterocycles. The summed E-state index contributed by atoms with van der Waals surface area (Å²) in [6.45, 7) is 2.50. The molecule has 0 saturated heterocycles. The van der Waals surface area contributed by atoms with Gasteiger partial charge in [0.1, 0.15) is 10.9 Å². The van der Waals surface area contributed by atoms with Crippen molar-refractivity contribution in [1.29, 1.82) is 0 Å². The van der Waals surface area contributed by atoms with Crippen LogP contribution in [0.15, 0.2) is 28.7 Å². The number of anilines is 1. The van der Waals surface area contributed by atoms with Gasteiger partial charge in [0.15, 0.2) is 0 Å². The van der Waals surface area contributed by atoms with Gasteiger partial charge in [-0.2, -0.15) is 0 Å². The third-order valence-electron chi connectivity index (χ3n) is 2.23. The number of nitrogens with zero attached hydrogens (tertiary/aromatic N) is 2. The molecule has 18 heavy (non-hydrogen) atoms. The zero-order chi connectivity index (χ0) is 13.1. The van der Waals surface area contributed by atoms with Crippen LogP contribution in [0.4, 0.5) is 5.95 Å². The summed E-state index contributed by atoms with van der Waals surface area (Å²) < 4.78 is 6.49. The Hall–Kier alpha value is -1.33. The van der Waals surface area contributed by atoms with Crippen molar-refractivity contribution in [2.24, 2.45) is 0 Å². The number of benzene rings is 1. The minimum atomic E-state index is 0.139. The van der Waals surface area contributed by atoms with Crippen LogP contribution in [0.1, 0.15) is 6.92 Å². The lowest BCUT2D eigenvalue weighted by Gasteiger charge is -2.10. The number of aromatic nitrogens is 2. The number of rotatable bonds is 3. The van der Waals surface area contributed by atoms with Crippen molar-refractivity contribution in [3.05, 3.63) is 33.9 Å². The van der Waals surface area contributed by atoms with Crippen LogP contribution in [-0.2, 0) is 0 Å². The fraction of sp³-hybridized carbons (Fsp3) is 0.167. The molecule has 0 radical (unpaired) electrons. The predicted molar refractivity (Wildman–Crippen MR) is 75.8 cm³/mol. The van der Waals surface area contributed by atoms with Crippen LogP contribution >= 0.6 is 27.5 Å². The van der Waals surface area contributed by atoms with Gasteiger partial charge in [0, 0.05) is 16.1 Å². The molecule has 6 heteroatoms. The van der Waals surface area contributed by atoms with Crippen LogP contribution in [0.2, 0.25) is 5.15 Å². The van der Waals surface area contributed by atoms with Crippen molar-refractivity contribution in [3.63, 3.8) is 0 Å². The van der Waals surface area contributed by atoms with Gasteiger partial charge < -0.3 is 10.5 Å². The van der Waals surface area contributed by atoms with Gasteiger partial charge in [-0.3, -0.25) is 0 Å². The minimum absolute atomic E-state index is 0.139. The van der Waals surface area contributed by atoms with E-state index in [1.165, 1.54) is 0 Å². The van der Waals surface area contributed by atoms with Gasteiger partial charge in [0.05, 0.1) is 12.3 Å². The largest absolute Gasteiger partial charge is 0.493 e. The molecule has 1 heterocycles. The normalized spacial score (nSPS) is 10.4. The van der Waals surface area contributed by atoms with Crippen molar-refractivity contribution in [1.82, 2.24) is 9.97 Å². The molecular formula is C12H11BrClN3O. The highest BCUT2D eigenvalue weighted by Crippen LogP contribution is 2.32. The van der Waals surface area contributed by atoms with Gasteiger partial charge in [-0.1, -0.05) is 27.5 Å². The molecule has 0 aliphatic heterocycles. The maximum Gasteiger partial charge on any atom is 0.221 e. The second-order valence-corrected chi connectivity index (χ2v) is 4.81. The Labute approximate surface area is 118 Å². The fourth-order valence-corrected chi connectivity index (χ4v) is 2.11. The van der Waals surface area contributed by atoms with E-state index in [1.54, 1.807) is 6.07 Å². The average molecular weight is 329 g/mol. The van der Waals surface area contributed by atoms with Gasteiger partial charge in [0.25, 0.3) is 0 Å². The Kier molecular flexibility index (Phi) is 4.04. The quantitative estimate of drug-likeness (QED) is 0.875. The third kappa shape index (κ3) is 2.91. The van der Waals surface area contributed by atoms with E-state index in [9.17, 15) is 0 Å². The third-order valence-corrected chi connectivity index (χ3v) is 2.92. The molecule has 4 nitrogen and oxygen atoms in total. The predicted octanol–water partition coefficient (Wildman–Crippen LogP) is 3.54. The summed E-state index contributed by atoms with van der Waals surface area (Å²) in [6.07, 6.45) is 0. The van der Waals surface area contributed by atoms with Crippen molar-refractivity contribution in [2.45, 2.75) is 6.92 Å². The maximum absolute atomic E-state index is 5.89. The molecule has 0 bridgehead atoms. The zero-order valence-corrected chi connectivity index (χ0v) is 12.0. The molecule has 0 saturated carbocycles. The first kappa shape index (κ1) is 13.1. The molecule has 0 fully saturated rings. The van der Waals surface area contributed by atoms with Gasteiger partial charge >= 0.3 is 0 Å². The van der Waals surface area contributed by atoms with Gasteiger partial charge in [-0.05, 0) is 25.1 Å². The van der Waals surface area contributed by atoms with Crippen molar-refractivity contribution >= 4 is 33.5 Å². The molecule has 1 aromatic carbocycles. The summed E-state index contributed by atoms with van der Waals surface area (Å²) in [5.41, 5.74) is 7.06. The molecular weight excluding hydrogens is 318 g/mol. The molecule has 0 atom stereocenters. The van der Waals surface area contributed by atoms with Gasteiger partial charge in [-0.15, -0.1) is 0 Å². The van der Waals surface area contributed by atoms with E-state index in [4.69, 9.17) is 22.1 Å². The summed E-state index contributed by atoms with van der Waals surface area (Å²) in [7, 11) is 0. The van der Waals surface area contributed by atoms with E-state index in [0.29, 0.717) is 17.5 Å². The summed E-state index contributed by atoms with van der Waals surface area (Å²) in [5.74, 6) is 0.870. The Bertz CT molecular complexity index is 557. The molecule has 0 spiro atoms. The first-order valence-electron chi connectivity index (χ1n) is 5.33. The summed E-state index contributed by atoms with van der Waals surface area (Å²) in [6, 6.07) is 7.33. The second kappa shape index (κ2) is 5.54. The Morgan fingerprint density at radius 1 is 1.33 bits per heavy atom. The first-order chi connectivity index (χ1) is 8.60. The summed E-state index contributed by atoms with van der Waals surface area (Å²) in [4.78, 5) is 8.01.